The van der Waals surface area contributed by atoms with Crippen LogP contribution in [-0.2, 0) is 22.5 Å². The Kier molecular flexibility index (Phi) is 5.25. The van der Waals surface area contributed by atoms with Gasteiger partial charge in [0.2, 0.25) is 0 Å². The highest BCUT2D eigenvalue weighted by atomic mass is 32.1. The molecule has 0 bridgehead atoms. The van der Waals surface area contributed by atoms with Crippen LogP contribution in [0.4, 0.5) is 5.13 Å². The van der Waals surface area contributed by atoms with Crippen molar-refractivity contribution in [2.45, 2.75) is 13.0 Å². The quantitative estimate of drug-likeness (QED) is 0.690. The summed E-state index contributed by atoms with van der Waals surface area (Å²) < 4.78 is 6.49. The highest BCUT2D eigenvalue weighted by Crippen LogP contribution is 2.18. The van der Waals surface area contributed by atoms with E-state index >= 15 is 0 Å². The monoisotopic (exact) mass is 355 g/mol. The van der Waals surface area contributed by atoms with E-state index in [4.69, 9.17) is 0 Å². The zero-order valence-electron chi connectivity index (χ0n) is 13.6. The van der Waals surface area contributed by atoms with Crippen molar-refractivity contribution in [3.63, 3.8) is 0 Å². The summed E-state index contributed by atoms with van der Waals surface area (Å²) in [6.07, 6.45) is 1.96. The van der Waals surface area contributed by atoms with Gasteiger partial charge in [-0.1, -0.05) is 30.3 Å². The SMILES string of the molecule is COC(=O)Cc1csc(NC(=O)c2cccn2Cc2ccccc2)n1. The Morgan fingerprint density at radius 3 is 2.76 bits per heavy atom. The number of amides is 1. The van der Waals surface area contributed by atoms with Gasteiger partial charge in [-0.3, -0.25) is 14.9 Å². The third-order valence-corrected chi connectivity index (χ3v) is 4.39. The summed E-state index contributed by atoms with van der Waals surface area (Å²) >= 11 is 1.28. The van der Waals surface area contributed by atoms with Gasteiger partial charge in [-0.25, -0.2) is 4.98 Å². The number of aromatic nitrogens is 2. The van der Waals surface area contributed by atoms with E-state index < -0.39 is 0 Å². The molecule has 128 valence electrons. The van der Waals surface area contributed by atoms with E-state index in [1.165, 1.54) is 18.4 Å². The first-order valence-electron chi connectivity index (χ1n) is 7.67. The average Bonchev–Trinajstić information content (AvgIpc) is 3.25. The van der Waals surface area contributed by atoms with Crippen molar-refractivity contribution in [2.24, 2.45) is 0 Å². The molecule has 0 fully saturated rings. The minimum Gasteiger partial charge on any atom is -0.469 e. The van der Waals surface area contributed by atoms with Crippen LogP contribution in [0.15, 0.2) is 54.0 Å². The predicted octanol–water partition coefficient (Wildman–Crippen LogP) is 2.96. The molecule has 3 rings (SSSR count). The van der Waals surface area contributed by atoms with E-state index in [0.29, 0.717) is 23.1 Å². The van der Waals surface area contributed by atoms with Crippen LogP contribution in [0.2, 0.25) is 0 Å². The topological polar surface area (TPSA) is 73.2 Å². The molecule has 3 aromatic rings. The van der Waals surface area contributed by atoms with Crippen molar-refractivity contribution >= 4 is 28.3 Å². The second kappa shape index (κ2) is 7.76. The Balaban J connectivity index is 1.68. The highest BCUT2D eigenvalue weighted by molar-refractivity contribution is 7.14. The molecule has 6 nitrogen and oxygen atoms in total. The van der Waals surface area contributed by atoms with Gasteiger partial charge >= 0.3 is 5.97 Å². The molecule has 0 unspecified atom stereocenters. The number of methoxy groups -OCH3 is 1. The third kappa shape index (κ3) is 4.33. The molecule has 0 spiro atoms. The van der Waals surface area contributed by atoms with Crippen LogP contribution < -0.4 is 5.32 Å². The molecule has 1 amide bonds. The normalized spacial score (nSPS) is 10.4. The molecule has 7 heteroatoms. The number of thiazole rings is 1. The number of ether oxygens (including phenoxy) is 1. The summed E-state index contributed by atoms with van der Waals surface area (Å²) in [6.45, 7) is 0.613. The first kappa shape index (κ1) is 16.9. The van der Waals surface area contributed by atoms with E-state index in [-0.39, 0.29) is 18.3 Å². The van der Waals surface area contributed by atoms with Gasteiger partial charge in [-0.15, -0.1) is 11.3 Å². The number of carbonyl (C=O) groups excluding carboxylic acids is 2. The maximum Gasteiger partial charge on any atom is 0.311 e. The number of esters is 1. The number of benzene rings is 1. The molecule has 2 aromatic heterocycles. The number of anilines is 1. The van der Waals surface area contributed by atoms with E-state index in [1.54, 1.807) is 11.4 Å². The van der Waals surface area contributed by atoms with E-state index in [0.717, 1.165) is 5.56 Å². The van der Waals surface area contributed by atoms with Crippen LogP contribution in [0.25, 0.3) is 0 Å². The van der Waals surface area contributed by atoms with Crippen LogP contribution in [0, 0.1) is 0 Å². The summed E-state index contributed by atoms with van der Waals surface area (Å²) in [5.41, 5.74) is 2.24. The first-order valence-corrected chi connectivity index (χ1v) is 8.55. The van der Waals surface area contributed by atoms with Gasteiger partial charge in [0, 0.05) is 18.1 Å². The lowest BCUT2D eigenvalue weighted by molar-refractivity contribution is -0.139. The van der Waals surface area contributed by atoms with Crippen LogP contribution in [-0.4, -0.2) is 28.5 Å². The molecule has 0 aliphatic heterocycles. The number of rotatable bonds is 6. The Labute approximate surface area is 149 Å². The molecule has 0 aliphatic rings. The lowest BCUT2D eigenvalue weighted by Gasteiger charge is -2.08. The van der Waals surface area contributed by atoms with Gasteiger partial charge in [-0.2, -0.15) is 0 Å². The Morgan fingerprint density at radius 1 is 1.20 bits per heavy atom. The number of hydrogen-bond acceptors (Lipinski definition) is 5. The Bertz CT molecular complexity index is 871. The van der Waals surface area contributed by atoms with Gasteiger partial charge in [0.05, 0.1) is 19.2 Å². The standard InChI is InChI=1S/C18H17N3O3S/c1-24-16(22)10-14-12-25-18(19-14)20-17(23)15-8-5-9-21(15)11-13-6-3-2-4-7-13/h2-9,12H,10-11H2,1H3,(H,19,20,23). The van der Waals surface area contributed by atoms with Crippen molar-refractivity contribution in [1.29, 1.82) is 0 Å². The lowest BCUT2D eigenvalue weighted by atomic mass is 10.2. The van der Waals surface area contributed by atoms with Crippen LogP contribution in [0.1, 0.15) is 21.7 Å². The van der Waals surface area contributed by atoms with E-state index in [1.807, 2.05) is 47.2 Å². The summed E-state index contributed by atoms with van der Waals surface area (Å²) in [6, 6.07) is 13.5. The number of hydrogen-bond donors (Lipinski definition) is 1. The maximum atomic E-state index is 12.5. The molecule has 0 saturated heterocycles. The second-order valence-electron chi connectivity index (χ2n) is 5.36. The van der Waals surface area contributed by atoms with Gasteiger partial charge in [0.15, 0.2) is 5.13 Å². The maximum absolute atomic E-state index is 12.5. The number of nitrogens with one attached hydrogen (secondary N) is 1. The highest BCUT2D eigenvalue weighted by Gasteiger charge is 2.14. The summed E-state index contributed by atoms with van der Waals surface area (Å²) in [5, 5.41) is 4.96. The van der Waals surface area contributed by atoms with Gasteiger partial charge < -0.3 is 9.30 Å². The van der Waals surface area contributed by atoms with E-state index in [2.05, 4.69) is 15.0 Å². The molecular formula is C18H17N3O3S. The number of nitrogens with zero attached hydrogens (tertiary/aromatic N) is 2. The summed E-state index contributed by atoms with van der Waals surface area (Å²) in [4.78, 5) is 28.0. The largest absolute Gasteiger partial charge is 0.469 e. The van der Waals surface area contributed by atoms with Gasteiger partial charge in [-0.05, 0) is 17.7 Å². The van der Waals surface area contributed by atoms with Crippen molar-refractivity contribution in [3.8, 4) is 0 Å². The molecule has 1 aromatic carbocycles. The van der Waals surface area contributed by atoms with Crippen molar-refractivity contribution < 1.29 is 14.3 Å². The third-order valence-electron chi connectivity index (χ3n) is 3.58. The molecule has 0 radical (unpaired) electrons. The molecule has 0 atom stereocenters. The van der Waals surface area contributed by atoms with E-state index in [9.17, 15) is 9.59 Å². The zero-order chi connectivity index (χ0) is 17.6. The minimum atomic E-state index is -0.361. The molecular weight excluding hydrogens is 338 g/mol. The second-order valence-corrected chi connectivity index (χ2v) is 6.22. The predicted molar refractivity (Wildman–Crippen MR) is 95.8 cm³/mol. The summed E-state index contributed by atoms with van der Waals surface area (Å²) in [7, 11) is 1.33. The fourth-order valence-corrected chi connectivity index (χ4v) is 3.07. The fourth-order valence-electron chi connectivity index (χ4n) is 2.37. The Hall–Kier alpha value is -2.93. The lowest BCUT2D eigenvalue weighted by Crippen LogP contribution is -2.17. The van der Waals surface area contributed by atoms with Gasteiger partial charge in [0.1, 0.15) is 5.69 Å². The minimum absolute atomic E-state index is 0.0905. The fraction of sp³-hybridized carbons (Fsp3) is 0.167. The molecule has 25 heavy (non-hydrogen) atoms. The Morgan fingerprint density at radius 2 is 2.00 bits per heavy atom. The average molecular weight is 355 g/mol. The van der Waals surface area contributed by atoms with Crippen LogP contribution >= 0.6 is 11.3 Å². The first-order chi connectivity index (χ1) is 12.2. The number of carbonyl (C=O) groups is 2. The van der Waals surface area contributed by atoms with Crippen LogP contribution in [0.5, 0.6) is 0 Å². The van der Waals surface area contributed by atoms with Crippen molar-refractivity contribution in [2.75, 3.05) is 12.4 Å². The molecule has 2 heterocycles. The summed E-state index contributed by atoms with van der Waals surface area (Å²) in [5.74, 6) is -0.597. The smallest absolute Gasteiger partial charge is 0.311 e. The zero-order valence-corrected chi connectivity index (χ0v) is 14.5. The van der Waals surface area contributed by atoms with Crippen molar-refractivity contribution in [1.82, 2.24) is 9.55 Å². The molecule has 0 aliphatic carbocycles. The van der Waals surface area contributed by atoms with Crippen molar-refractivity contribution in [3.05, 3.63) is 71.0 Å². The van der Waals surface area contributed by atoms with Crippen LogP contribution in [0.3, 0.4) is 0 Å². The molecule has 1 N–H and O–H groups in total. The van der Waals surface area contributed by atoms with Gasteiger partial charge in [0.25, 0.3) is 5.91 Å². The molecule has 0 saturated carbocycles.